The van der Waals surface area contributed by atoms with Crippen molar-refractivity contribution in [1.29, 1.82) is 0 Å². The molecular formula is C20H27NO3. The van der Waals surface area contributed by atoms with Crippen LogP contribution in [0.3, 0.4) is 0 Å². The summed E-state index contributed by atoms with van der Waals surface area (Å²) in [6, 6.07) is 15.0. The Labute approximate surface area is 144 Å². The zero-order chi connectivity index (χ0) is 17.4. The van der Waals surface area contributed by atoms with Crippen molar-refractivity contribution in [3.8, 4) is 17.2 Å². The van der Waals surface area contributed by atoms with Crippen LogP contribution in [0.25, 0.3) is 0 Å². The van der Waals surface area contributed by atoms with E-state index in [-0.39, 0.29) is 0 Å². The Morgan fingerprint density at radius 3 is 2.04 bits per heavy atom. The Morgan fingerprint density at radius 1 is 0.875 bits per heavy atom. The van der Waals surface area contributed by atoms with Gasteiger partial charge in [-0.2, -0.15) is 0 Å². The highest BCUT2D eigenvalue weighted by Crippen LogP contribution is 2.38. The van der Waals surface area contributed by atoms with Crippen molar-refractivity contribution in [1.82, 2.24) is 5.32 Å². The molecule has 0 fully saturated rings. The summed E-state index contributed by atoms with van der Waals surface area (Å²) in [5.74, 6) is 2.00. The van der Waals surface area contributed by atoms with E-state index in [0.717, 1.165) is 24.9 Å². The minimum atomic E-state index is 0.421. The van der Waals surface area contributed by atoms with Crippen molar-refractivity contribution in [3.05, 3.63) is 53.6 Å². The van der Waals surface area contributed by atoms with Gasteiger partial charge >= 0.3 is 0 Å². The van der Waals surface area contributed by atoms with Crippen LogP contribution in [0.1, 0.15) is 24.5 Å². The number of aryl methyl sites for hydroxylation is 1. The van der Waals surface area contributed by atoms with Gasteiger partial charge in [0.1, 0.15) is 0 Å². The fourth-order valence-electron chi connectivity index (χ4n) is 2.66. The lowest BCUT2D eigenvalue weighted by atomic mass is 10.1. The molecule has 0 saturated heterocycles. The zero-order valence-electron chi connectivity index (χ0n) is 15.0. The Kier molecular flexibility index (Phi) is 6.94. The van der Waals surface area contributed by atoms with Crippen LogP contribution in [-0.4, -0.2) is 27.4 Å². The van der Waals surface area contributed by atoms with E-state index < -0.39 is 0 Å². The summed E-state index contributed by atoms with van der Waals surface area (Å²) in [6.07, 6.45) is 2.17. The fourth-order valence-corrected chi connectivity index (χ4v) is 2.66. The number of methoxy groups -OCH3 is 3. The molecule has 4 nitrogen and oxygen atoms in total. The molecular weight excluding hydrogens is 302 g/mol. The Hall–Kier alpha value is -2.20. The van der Waals surface area contributed by atoms with Crippen molar-refractivity contribution in [2.75, 3.05) is 21.3 Å². The lowest BCUT2D eigenvalue weighted by Crippen LogP contribution is -2.26. The standard InChI is InChI=1S/C20H27NO3/c1-15(10-11-16-8-6-5-7-9-16)21-14-17-12-18(22-2)20(24-4)19(13-17)23-3/h5-9,12-13,15,21H,10-11,14H2,1-4H3. The third-order valence-electron chi connectivity index (χ3n) is 4.09. The van der Waals surface area contributed by atoms with Gasteiger partial charge in [0.2, 0.25) is 5.75 Å². The first kappa shape index (κ1) is 18.1. The number of nitrogens with one attached hydrogen (secondary N) is 1. The topological polar surface area (TPSA) is 39.7 Å². The molecule has 0 aromatic heterocycles. The Morgan fingerprint density at radius 2 is 1.50 bits per heavy atom. The number of hydrogen-bond donors (Lipinski definition) is 1. The largest absolute Gasteiger partial charge is 0.493 e. The van der Waals surface area contributed by atoms with Crippen LogP contribution in [0.5, 0.6) is 17.2 Å². The summed E-state index contributed by atoms with van der Waals surface area (Å²) >= 11 is 0. The van der Waals surface area contributed by atoms with E-state index in [1.54, 1.807) is 21.3 Å². The molecule has 2 rings (SSSR count). The molecule has 0 spiro atoms. The first-order valence-corrected chi connectivity index (χ1v) is 8.24. The van der Waals surface area contributed by atoms with Gasteiger partial charge in [0.05, 0.1) is 21.3 Å². The third-order valence-corrected chi connectivity index (χ3v) is 4.09. The van der Waals surface area contributed by atoms with Gasteiger partial charge in [-0.05, 0) is 43.0 Å². The van der Waals surface area contributed by atoms with Gasteiger partial charge in [0.25, 0.3) is 0 Å². The van der Waals surface area contributed by atoms with Crippen LogP contribution >= 0.6 is 0 Å². The van der Waals surface area contributed by atoms with Gasteiger partial charge < -0.3 is 19.5 Å². The van der Waals surface area contributed by atoms with Gasteiger partial charge in [-0.15, -0.1) is 0 Å². The molecule has 1 unspecified atom stereocenters. The second-order valence-electron chi connectivity index (χ2n) is 5.84. The SMILES string of the molecule is COc1cc(CNC(C)CCc2ccccc2)cc(OC)c1OC. The van der Waals surface area contributed by atoms with Crippen molar-refractivity contribution in [3.63, 3.8) is 0 Å². The maximum Gasteiger partial charge on any atom is 0.203 e. The molecule has 0 aliphatic heterocycles. The molecule has 0 heterocycles. The molecule has 1 N–H and O–H groups in total. The molecule has 4 heteroatoms. The predicted molar refractivity (Wildman–Crippen MR) is 97.2 cm³/mol. The van der Waals surface area contributed by atoms with E-state index in [2.05, 4.69) is 42.6 Å². The second-order valence-corrected chi connectivity index (χ2v) is 5.84. The summed E-state index contributed by atoms with van der Waals surface area (Å²) in [7, 11) is 4.89. The van der Waals surface area contributed by atoms with E-state index in [9.17, 15) is 0 Å². The van der Waals surface area contributed by atoms with Gasteiger partial charge in [-0.1, -0.05) is 30.3 Å². The number of hydrogen-bond acceptors (Lipinski definition) is 4. The van der Waals surface area contributed by atoms with Crippen LogP contribution in [0.15, 0.2) is 42.5 Å². The minimum absolute atomic E-state index is 0.421. The van der Waals surface area contributed by atoms with E-state index >= 15 is 0 Å². The summed E-state index contributed by atoms with van der Waals surface area (Å²) in [4.78, 5) is 0. The molecule has 0 bridgehead atoms. The quantitative estimate of drug-likeness (QED) is 0.759. The van der Waals surface area contributed by atoms with Gasteiger partial charge in [-0.3, -0.25) is 0 Å². The highest BCUT2D eigenvalue weighted by atomic mass is 16.5. The van der Waals surface area contributed by atoms with Gasteiger partial charge in [-0.25, -0.2) is 0 Å². The highest BCUT2D eigenvalue weighted by molar-refractivity contribution is 5.53. The monoisotopic (exact) mass is 329 g/mol. The number of rotatable bonds is 9. The number of ether oxygens (including phenoxy) is 3. The smallest absolute Gasteiger partial charge is 0.203 e. The van der Waals surface area contributed by atoms with E-state index in [1.165, 1.54) is 5.56 Å². The van der Waals surface area contributed by atoms with Crippen molar-refractivity contribution in [2.24, 2.45) is 0 Å². The maximum atomic E-state index is 5.40. The summed E-state index contributed by atoms with van der Waals surface area (Å²) in [5, 5.41) is 3.56. The molecule has 130 valence electrons. The first-order chi connectivity index (χ1) is 11.7. The summed E-state index contributed by atoms with van der Waals surface area (Å²) < 4.78 is 16.2. The van der Waals surface area contributed by atoms with E-state index in [4.69, 9.17) is 14.2 Å². The first-order valence-electron chi connectivity index (χ1n) is 8.24. The molecule has 2 aromatic carbocycles. The highest BCUT2D eigenvalue weighted by Gasteiger charge is 2.13. The zero-order valence-corrected chi connectivity index (χ0v) is 15.0. The Bertz CT molecular complexity index is 603. The van der Waals surface area contributed by atoms with E-state index in [1.807, 2.05) is 12.1 Å². The molecule has 0 saturated carbocycles. The Balaban J connectivity index is 1.93. The van der Waals surface area contributed by atoms with Crippen LogP contribution in [-0.2, 0) is 13.0 Å². The molecule has 0 amide bonds. The normalized spacial score (nSPS) is 11.8. The van der Waals surface area contributed by atoms with Gasteiger partial charge in [0, 0.05) is 12.6 Å². The van der Waals surface area contributed by atoms with Crippen LogP contribution < -0.4 is 19.5 Å². The summed E-state index contributed by atoms with van der Waals surface area (Å²) in [6.45, 7) is 2.97. The van der Waals surface area contributed by atoms with Gasteiger partial charge in [0.15, 0.2) is 11.5 Å². The number of benzene rings is 2. The van der Waals surface area contributed by atoms with Crippen LogP contribution in [0.2, 0.25) is 0 Å². The lowest BCUT2D eigenvalue weighted by Gasteiger charge is -2.17. The van der Waals surface area contributed by atoms with Crippen LogP contribution in [0.4, 0.5) is 0 Å². The molecule has 0 aliphatic rings. The molecule has 0 radical (unpaired) electrons. The molecule has 2 aromatic rings. The third kappa shape index (κ3) is 4.90. The molecule has 24 heavy (non-hydrogen) atoms. The lowest BCUT2D eigenvalue weighted by molar-refractivity contribution is 0.323. The predicted octanol–water partition coefficient (Wildman–Crippen LogP) is 3.82. The van der Waals surface area contributed by atoms with Crippen LogP contribution in [0, 0.1) is 0 Å². The van der Waals surface area contributed by atoms with Crippen molar-refractivity contribution >= 4 is 0 Å². The molecule has 0 aliphatic carbocycles. The van der Waals surface area contributed by atoms with E-state index in [0.29, 0.717) is 23.3 Å². The van der Waals surface area contributed by atoms with Crippen molar-refractivity contribution < 1.29 is 14.2 Å². The maximum absolute atomic E-state index is 5.40. The second kappa shape index (κ2) is 9.18. The average Bonchev–Trinajstić information content (AvgIpc) is 2.64. The minimum Gasteiger partial charge on any atom is -0.493 e. The van der Waals surface area contributed by atoms with Crippen molar-refractivity contribution in [2.45, 2.75) is 32.4 Å². The fraction of sp³-hybridized carbons (Fsp3) is 0.400. The average molecular weight is 329 g/mol. The summed E-state index contributed by atoms with van der Waals surface area (Å²) in [5.41, 5.74) is 2.48. The molecule has 1 atom stereocenters.